The number of hydrogen-bond donors (Lipinski definition) is 1. The van der Waals surface area contributed by atoms with Gasteiger partial charge in [-0.3, -0.25) is 10.1 Å². The van der Waals surface area contributed by atoms with Gasteiger partial charge in [-0.25, -0.2) is 0 Å². The predicted octanol–water partition coefficient (Wildman–Crippen LogP) is 3.35. The van der Waals surface area contributed by atoms with Gasteiger partial charge >= 0.3 is 0 Å². The Hall–Kier alpha value is -1.92. The lowest BCUT2D eigenvalue weighted by Crippen LogP contribution is -2.17. The second-order valence-electron chi connectivity index (χ2n) is 4.67. The number of aliphatic hydroxyl groups excluding tert-OH is 1. The predicted molar refractivity (Wildman–Crippen MR) is 80.2 cm³/mol. The standard InChI is InChI=1S/C14H16N2O3S/c1-10(17)12-3-4-13(14(7-12)16(18)19)15(2)8-11-5-6-20-9-11/h3-7,9-10,17H,8H2,1-2H3/t10-/m0/s1. The van der Waals surface area contributed by atoms with Crippen LogP contribution in [0.15, 0.2) is 35.0 Å². The summed E-state index contributed by atoms with van der Waals surface area (Å²) < 4.78 is 0. The number of hydrogen-bond acceptors (Lipinski definition) is 5. The normalized spacial score (nSPS) is 12.2. The van der Waals surface area contributed by atoms with E-state index in [1.807, 2.05) is 28.8 Å². The van der Waals surface area contributed by atoms with E-state index in [9.17, 15) is 15.2 Å². The van der Waals surface area contributed by atoms with Gasteiger partial charge in [0.25, 0.3) is 5.69 Å². The summed E-state index contributed by atoms with van der Waals surface area (Å²) in [6.07, 6.45) is -0.718. The zero-order chi connectivity index (χ0) is 14.7. The lowest BCUT2D eigenvalue weighted by molar-refractivity contribution is -0.384. The minimum absolute atomic E-state index is 0.0149. The maximum absolute atomic E-state index is 11.2. The third-order valence-electron chi connectivity index (χ3n) is 3.09. The van der Waals surface area contributed by atoms with Crippen LogP contribution in [0.3, 0.4) is 0 Å². The molecule has 0 aliphatic carbocycles. The van der Waals surface area contributed by atoms with Crippen LogP contribution < -0.4 is 4.90 Å². The molecule has 0 aliphatic heterocycles. The van der Waals surface area contributed by atoms with E-state index in [-0.39, 0.29) is 5.69 Å². The van der Waals surface area contributed by atoms with E-state index >= 15 is 0 Å². The van der Waals surface area contributed by atoms with Crippen molar-refractivity contribution in [2.24, 2.45) is 0 Å². The number of anilines is 1. The number of nitrogens with zero attached hydrogens (tertiary/aromatic N) is 2. The van der Waals surface area contributed by atoms with Gasteiger partial charge in [-0.15, -0.1) is 0 Å². The fraction of sp³-hybridized carbons (Fsp3) is 0.286. The van der Waals surface area contributed by atoms with Gasteiger partial charge in [-0.2, -0.15) is 11.3 Å². The van der Waals surface area contributed by atoms with Crippen LogP contribution in [0.5, 0.6) is 0 Å². The molecule has 0 saturated carbocycles. The van der Waals surface area contributed by atoms with Crippen LogP contribution in [0.25, 0.3) is 0 Å². The Balaban J connectivity index is 2.32. The van der Waals surface area contributed by atoms with Crippen molar-refractivity contribution in [2.45, 2.75) is 19.6 Å². The quantitative estimate of drug-likeness (QED) is 0.678. The van der Waals surface area contributed by atoms with Crippen molar-refractivity contribution in [2.75, 3.05) is 11.9 Å². The lowest BCUT2D eigenvalue weighted by atomic mass is 10.1. The van der Waals surface area contributed by atoms with Crippen LogP contribution in [0, 0.1) is 10.1 Å². The van der Waals surface area contributed by atoms with Crippen molar-refractivity contribution >= 4 is 22.7 Å². The molecule has 20 heavy (non-hydrogen) atoms. The van der Waals surface area contributed by atoms with Gasteiger partial charge in [-0.1, -0.05) is 6.07 Å². The molecule has 1 aromatic heterocycles. The number of aliphatic hydroxyl groups is 1. The van der Waals surface area contributed by atoms with Gasteiger partial charge in [0.2, 0.25) is 0 Å². The maximum Gasteiger partial charge on any atom is 0.292 e. The van der Waals surface area contributed by atoms with Gasteiger partial charge < -0.3 is 10.0 Å². The molecule has 106 valence electrons. The third kappa shape index (κ3) is 3.15. The number of rotatable bonds is 5. The molecule has 0 aliphatic rings. The van der Waals surface area contributed by atoms with Gasteiger partial charge in [-0.05, 0) is 40.9 Å². The molecule has 5 nitrogen and oxygen atoms in total. The molecule has 0 unspecified atom stereocenters. The van der Waals surface area contributed by atoms with E-state index in [0.717, 1.165) is 5.56 Å². The minimum Gasteiger partial charge on any atom is -0.389 e. The molecule has 1 atom stereocenters. The average Bonchev–Trinajstić information content (AvgIpc) is 2.90. The van der Waals surface area contributed by atoms with Crippen LogP contribution >= 0.6 is 11.3 Å². The average molecular weight is 292 g/mol. The SMILES string of the molecule is C[C@H](O)c1ccc(N(C)Cc2ccsc2)c([N+](=O)[O-])c1. The number of benzene rings is 1. The van der Waals surface area contributed by atoms with Crippen molar-refractivity contribution in [3.63, 3.8) is 0 Å². The smallest absolute Gasteiger partial charge is 0.292 e. The molecule has 2 rings (SSSR count). The van der Waals surface area contributed by atoms with Crippen molar-refractivity contribution < 1.29 is 10.0 Å². The Kier molecular flexibility index (Phi) is 4.36. The molecule has 0 bridgehead atoms. The highest BCUT2D eigenvalue weighted by Crippen LogP contribution is 2.31. The zero-order valence-corrected chi connectivity index (χ0v) is 12.1. The van der Waals surface area contributed by atoms with Crippen LogP contribution in [-0.4, -0.2) is 17.1 Å². The second kappa shape index (κ2) is 6.02. The van der Waals surface area contributed by atoms with Crippen LogP contribution in [0.4, 0.5) is 11.4 Å². The first-order valence-electron chi connectivity index (χ1n) is 6.17. The topological polar surface area (TPSA) is 66.6 Å². The Morgan fingerprint density at radius 1 is 1.45 bits per heavy atom. The minimum atomic E-state index is -0.718. The van der Waals surface area contributed by atoms with Crippen LogP contribution in [0.1, 0.15) is 24.2 Å². The summed E-state index contributed by atoms with van der Waals surface area (Å²) in [5.74, 6) is 0. The summed E-state index contributed by atoms with van der Waals surface area (Å²) >= 11 is 1.60. The summed E-state index contributed by atoms with van der Waals surface area (Å²) in [6.45, 7) is 2.20. The Morgan fingerprint density at radius 2 is 2.20 bits per heavy atom. The molecule has 2 aromatic rings. The molecule has 1 N–H and O–H groups in total. The van der Waals surface area contributed by atoms with E-state index in [4.69, 9.17) is 0 Å². The second-order valence-corrected chi connectivity index (χ2v) is 5.45. The third-order valence-corrected chi connectivity index (χ3v) is 3.82. The monoisotopic (exact) mass is 292 g/mol. The van der Waals surface area contributed by atoms with Crippen LogP contribution in [-0.2, 0) is 6.54 Å². The molecule has 0 spiro atoms. The van der Waals surface area contributed by atoms with E-state index in [1.54, 1.807) is 30.4 Å². The molecule has 0 fully saturated rings. The van der Waals surface area contributed by atoms with Gasteiger partial charge in [0.05, 0.1) is 11.0 Å². The van der Waals surface area contributed by atoms with Crippen molar-refractivity contribution in [1.29, 1.82) is 0 Å². The summed E-state index contributed by atoms with van der Waals surface area (Å²) in [5.41, 5.74) is 2.22. The summed E-state index contributed by atoms with van der Waals surface area (Å²) in [7, 11) is 1.82. The van der Waals surface area contributed by atoms with Crippen molar-refractivity contribution in [3.05, 3.63) is 56.3 Å². The maximum atomic E-state index is 11.2. The number of nitro benzene ring substituents is 1. The molecule has 0 radical (unpaired) electrons. The van der Waals surface area contributed by atoms with Gasteiger partial charge in [0, 0.05) is 19.7 Å². The van der Waals surface area contributed by atoms with E-state index in [0.29, 0.717) is 17.8 Å². The zero-order valence-electron chi connectivity index (χ0n) is 11.3. The molecule has 1 heterocycles. The van der Waals surface area contributed by atoms with Gasteiger partial charge in [0.1, 0.15) is 5.69 Å². The highest BCUT2D eigenvalue weighted by Gasteiger charge is 2.19. The molecule has 0 amide bonds. The summed E-state index contributed by atoms with van der Waals surface area (Å²) in [5, 5.41) is 24.7. The molecular weight excluding hydrogens is 276 g/mol. The van der Waals surface area contributed by atoms with Crippen molar-refractivity contribution in [1.82, 2.24) is 0 Å². The summed E-state index contributed by atoms with van der Waals surface area (Å²) in [4.78, 5) is 12.6. The first-order valence-corrected chi connectivity index (χ1v) is 7.12. The molecule has 1 aromatic carbocycles. The fourth-order valence-corrected chi connectivity index (χ4v) is 2.67. The molecule has 6 heteroatoms. The van der Waals surface area contributed by atoms with Crippen LogP contribution in [0.2, 0.25) is 0 Å². The Morgan fingerprint density at radius 3 is 2.75 bits per heavy atom. The molecular formula is C14H16N2O3S. The highest BCUT2D eigenvalue weighted by atomic mass is 32.1. The molecule has 0 saturated heterocycles. The first kappa shape index (κ1) is 14.5. The lowest BCUT2D eigenvalue weighted by Gasteiger charge is -2.19. The van der Waals surface area contributed by atoms with Gasteiger partial charge in [0.15, 0.2) is 0 Å². The Bertz CT molecular complexity index is 596. The van der Waals surface area contributed by atoms with E-state index in [2.05, 4.69) is 0 Å². The summed E-state index contributed by atoms with van der Waals surface area (Å²) in [6, 6.07) is 6.84. The first-order chi connectivity index (χ1) is 9.49. The highest BCUT2D eigenvalue weighted by molar-refractivity contribution is 7.07. The largest absolute Gasteiger partial charge is 0.389 e. The number of nitro groups is 1. The van der Waals surface area contributed by atoms with Crippen molar-refractivity contribution in [3.8, 4) is 0 Å². The number of thiophene rings is 1. The fourth-order valence-electron chi connectivity index (χ4n) is 2.01. The van der Waals surface area contributed by atoms with E-state index in [1.165, 1.54) is 6.07 Å². The Labute approximate surface area is 121 Å². The van der Waals surface area contributed by atoms with E-state index < -0.39 is 11.0 Å².